The maximum Gasteiger partial charge on any atom is 0.240 e. The summed E-state index contributed by atoms with van der Waals surface area (Å²) in [6.07, 6.45) is 3.30. The largest absolute Gasteiger partial charge is 0.468 e. The van der Waals surface area contributed by atoms with E-state index in [9.17, 15) is 26.4 Å². The highest BCUT2D eigenvalue weighted by Gasteiger charge is 2.16. The predicted molar refractivity (Wildman–Crippen MR) is 149 cm³/mol. The Balaban J connectivity index is 1.17. The van der Waals surface area contributed by atoms with Crippen LogP contribution < -0.4 is 20.1 Å². The Bertz CT molecular complexity index is 1520. The van der Waals surface area contributed by atoms with Gasteiger partial charge in [-0.25, -0.2) is 26.3 Å². The lowest BCUT2D eigenvalue weighted by molar-refractivity contribution is -0.117. The molecule has 0 bridgehead atoms. The van der Waals surface area contributed by atoms with Crippen LogP contribution in [0, 0.1) is 0 Å². The molecule has 2 amide bonds. The van der Waals surface area contributed by atoms with Gasteiger partial charge in [0.1, 0.15) is 11.5 Å². The van der Waals surface area contributed by atoms with Crippen molar-refractivity contribution in [3.05, 3.63) is 96.8 Å². The van der Waals surface area contributed by atoms with Crippen LogP contribution in [0.4, 0.5) is 11.4 Å². The predicted octanol–water partition coefficient (Wildman–Crippen LogP) is 3.58. The lowest BCUT2D eigenvalue weighted by Crippen LogP contribution is -2.23. The van der Waals surface area contributed by atoms with Crippen LogP contribution in [0.2, 0.25) is 0 Å². The van der Waals surface area contributed by atoms with Crippen LogP contribution in [0.3, 0.4) is 0 Å². The summed E-state index contributed by atoms with van der Waals surface area (Å²) in [5.41, 5.74) is 0.830. The van der Waals surface area contributed by atoms with Crippen LogP contribution in [0.5, 0.6) is 0 Å². The average Bonchev–Trinajstić information content (AvgIpc) is 3.66. The molecule has 4 N–H and O–H groups in total. The maximum atomic E-state index is 12.4. The lowest BCUT2D eigenvalue weighted by Gasteiger charge is -2.09. The molecule has 0 saturated carbocycles. The molecule has 0 unspecified atom stereocenters. The van der Waals surface area contributed by atoms with Gasteiger partial charge in [0.25, 0.3) is 0 Å². The minimum absolute atomic E-state index is 0.0131. The van der Waals surface area contributed by atoms with Crippen LogP contribution >= 0.6 is 0 Å². The van der Waals surface area contributed by atoms with Gasteiger partial charge in [-0.15, -0.1) is 0 Å². The molecule has 2 aromatic carbocycles. The van der Waals surface area contributed by atoms with Crippen molar-refractivity contribution in [3.8, 4) is 0 Å². The van der Waals surface area contributed by atoms with Crippen LogP contribution in [0.25, 0.3) is 0 Å². The number of sulfonamides is 2. The highest BCUT2D eigenvalue weighted by molar-refractivity contribution is 7.89. The molecule has 0 saturated heterocycles. The topological polar surface area (TPSA) is 177 Å². The molecule has 0 atom stereocenters. The number of rotatable bonds is 14. The van der Waals surface area contributed by atoms with Crippen molar-refractivity contribution in [1.82, 2.24) is 9.44 Å². The second-order valence-electron chi connectivity index (χ2n) is 8.81. The molecule has 216 valence electrons. The van der Waals surface area contributed by atoms with Gasteiger partial charge in [-0.3, -0.25) is 9.59 Å². The van der Waals surface area contributed by atoms with Gasteiger partial charge in [0, 0.05) is 24.2 Å². The standard InChI is InChI=1S/C27H28N4O8S2/c32-26(30-20-8-12-24(13-9-20)40(34,35)28-18-22-4-2-16-38-22)6-1-7-27(33)31-21-10-14-25(15-11-21)41(36,37)29-19-23-5-3-17-39-23/h2-5,8-17,28-29H,1,6-7,18-19H2,(H,30,32)(H,31,33). The molecule has 4 aromatic rings. The smallest absolute Gasteiger partial charge is 0.240 e. The number of anilines is 2. The zero-order chi connectivity index (χ0) is 29.3. The Morgan fingerprint density at radius 3 is 1.32 bits per heavy atom. The first-order valence-electron chi connectivity index (χ1n) is 12.4. The maximum absolute atomic E-state index is 12.4. The summed E-state index contributed by atoms with van der Waals surface area (Å²) in [4.78, 5) is 24.6. The molecule has 41 heavy (non-hydrogen) atoms. The normalized spacial score (nSPS) is 11.7. The molecule has 12 nitrogen and oxygen atoms in total. The van der Waals surface area contributed by atoms with Gasteiger partial charge in [0.15, 0.2) is 0 Å². The van der Waals surface area contributed by atoms with Crippen molar-refractivity contribution in [1.29, 1.82) is 0 Å². The van der Waals surface area contributed by atoms with E-state index in [1.165, 1.54) is 61.1 Å². The molecule has 0 spiro atoms. The summed E-state index contributed by atoms with van der Waals surface area (Å²) >= 11 is 0. The number of hydrogen-bond donors (Lipinski definition) is 4. The van der Waals surface area contributed by atoms with E-state index < -0.39 is 20.0 Å². The van der Waals surface area contributed by atoms with Crippen molar-refractivity contribution in [2.45, 2.75) is 42.1 Å². The Labute approximate surface area is 237 Å². The minimum atomic E-state index is -3.76. The number of amides is 2. The van der Waals surface area contributed by atoms with Gasteiger partial charge in [0.2, 0.25) is 31.9 Å². The summed E-state index contributed by atoms with van der Waals surface area (Å²) in [5, 5.41) is 5.34. The van der Waals surface area contributed by atoms with Crippen molar-refractivity contribution in [2.24, 2.45) is 0 Å². The Hall–Kier alpha value is -4.24. The second kappa shape index (κ2) is 13.4. The fraction of sp³-hybridized carbons (Fsp3) is 0.185. The highest BCUT2D eigenvalue weighted by Crippen LogP contribution is 2.17. The fourth-order valence-electron chi connectivity index (χ4n) is 3.62. The van der Waals surface area contributed by atoms with Crippen molar-refractivity contribution >= 4 is 43.2 Å². The Kier molecular flexibility index (Phi) is 9.73. The molecular formula is C27H28N4O8S2. The number of carbonyl (C=O) groups is 2. The molecule has 0 aliphatic rings. The first kappa shape index (κ1) is 29.7. The molecule has 0 radical (unpaired) electrons. The Morgan fingerprint density at radius 1 is 0.585 bits per heavy atom. The summed E-state index contributed by atoms with van der Waals surface area (Å²) < 4.78 is 64.7. The third-order valence-electron chi connectivity index (χ3n) is 5.74. The van der Waals surface area contributed by atoms with E-state index in [0.29, 0.717) is 22.9 Å². The monoisotopic (exact) mass is 600 g/mol. The van der Waals surface area contributed by atoms with Gasteiger partial charge in [-0.2, -0.15) is 0 Å². The third kappa shape index (κ3) is 8.88. The van der Waals surface area contributed by atoms with Crippen LogP contribution in [-0.2, 0) is 42.7 Å². The van der Waals surface area contributed by atoms with E-state index in [-0.39, 0.29) is 54.0 Å². The van der Waals surface area contributed by atoms with Gasteiger partial charge in [0.05, 0.1) is 35.4 Å². The molecule has 0 fully saturated rings. The molecular weight excluding hydrogens is 572 g/mol. The quantitative estimate of drug-likeness (QED) is 0.170. The average molecular weight is 601 g/mol. The molecule has 0 aliphatic carbocycles. The summed E-state index contributed by atoms with van der Waals surface area (Å²) in [7, 11) is -7.51. The minimum Gasteiger partial charge on any atom is -0.468 e. The number of furan rings is 2. The van der Waals surface area contributed by atoms with Gasteiger partial charge >= 0.3 is 0 Å². The molecule has 2 aromatic heterocycles. The first-order valence-corrected chi connectivity index (χ1v) is 15.4. The van der Waals surface area contributed by atoms with E-state index in [1.807, 2.05) is 0 Å². The SMILES string of the molecule is O=C(CCCC(=O)Nc1ccc(S(=O)(=O)NCc2ccco2)cc1)Nc1ccc(S(=O)(=O)NCc2ccco2)cc1. The first-order chi connectivity index (χ1) is 19.6. The van der Waals surface area contributed by atoms with Crippen molar-refractivity contribution in [2.75, 3.05) is 10.6 Å². The van der Waals surface area contributed by atoms with Crippen molar-refractivity contribution in [3.63, 3.8) is 0 Å². The van der Waals surface area contributed by atoms with Crippen LogP contribution in [-0.4, -0.2) is 28.6 Å². The Morgan fingerprint density at radius 2 is 0.976 bits per heavy atom. The van der Waals surface area contributed by atoms with E-state index in [2.05, 4.69) is 20.1 Å². The van der Waals surface area contributed by atoms with E-state index in [4.69, 9.17) is 8.83 Å². The second-order valence-corrected chi connectivity index (χ2v) is 12.3. The molecule has 2 heterocycles. The van der Waals surface area contributed by atoms with Crippen LogP contribution in [0.15, 0.2) is 104 Å². The van der Waals surface area contributed by atoms with Crippen LogP contribution in [0.1, 0.15) is 30.8 Å². The van der Waals surface area contributed by atoms with E-state index in [1.54, 1.807) is 24.3 Å². The highest BCUT2D eigenvalue weighted by atomic mass is 32.2. The van der Waals surface area contributed by atoms with E-state index in [0.717, 1.165) is 0 Å². The van der Waals surface area contributed by atoms with Gasteiger partial charge in [-0.05, 0) is 79.2 Å². The molecule has 0 aliphatic heterocycles. The number of benzene rings is 2. The van der Waals surface area contributed by atoms with Gasteiger partial charge < -0.3 is 19.5 Å². The summed E-state index contributed by atoms with van der Waals surface area (Å²) in [6, 6.07) is 18.0. The molecule has 4 rings (SSSR count). The van der Waals surface area contributed by atoms with Gasteiger partial charge in [-0.1, -0.05) is 0 Å². The summed E-state index contributed by atoms with van der Waals surface area (Å²) in [5.74, 6) is 0.289. The number of carbonyl (C=O) groups excluding carboxylic acids is 2. The lowest BCUT2D eigenvalue weighted by atomic mass is 10.2. The summed E-state index contributed by atoms with van der Waals surface area (Å²) in [6.45, 7) is 0.0263. The number of hydrogen-bond acceptors (Lipinski definition) is 8. The zero-order valence-corrected chi connectivity index (χ0v) is 23.3. The fourth-order valence-corrected chi connectivity index (χ4v) is 5.60. The zero-order valence-electron chi connectivity index (χ0n) is 21.7. The van der Waals surface area contributed by atoms with Crippen molar-refractivity contribution < 1.29 is 35.3 Å². The third-order valence-corrected chi connectivity index (χ3v) is 8.57. The number of nitrogens with one attached hydrogen (secondary N) is 4. The van der Waals surface area contributed by atoms with E-state index >= 15 is 0 Å². The molecule has 14 heteroatoms.